The van der Waals surface area contributed by atoms with Crippen LogP contribution >= 0.6 is 0 Å². The van der Waals surface area contributed by atoms with E-state index in [1.807, 2.05) is 60.7 Å². The Hall–Kier alpha value is -4.36. The number of hydrogen-bond donors (Lipinski definition) is 0. The Morgan fingerprint density at radius 2 is 1.00 bits per heavy atom. The van der Waals surface area contributed by atoms with Crippen molar-refractivity contribution in [3.63, 3.8) is 0 Å². The van der Waals surface area contributed by atoms with Crippen LogP contribution in [-0.4, -0.2) is 12.2 Å². The van der Waals surface area contributed by atoms with Gasteiger partial charge in [-0.1, -0.05) is 97.1 Å². The smallest absolute Gasteiger partial charge is 0.211 e. The summed E-state index contributed by atoms with van der Waals surface area (Å²) in [5.41, 5.74) is 3.83. The van der Waals surface area contributed by atoms with E-state index in [1.165, 1.54) is 0 Å². The molecule has 4 aromatic rings. The van der Waals surface area contributed by atoms with Crippen molar-refractivity contribution in [2.24, 2.45) is 9.98 Å². The molecule has 0 spiro atoms. The zero-order chi connectivity index (χ0) is 21.5. The SMILES string of the molecule is O=C=Nc1ccc(C(c2ccccc2)(c2ccccc2)c2ccccc2)c(N=C=O)c1. The molecule has 0 amide bonds. The van der Waals surface area contributed by atoms with Crippen molar-refractivity contribution < 1.29 is 9.59 Å². The maximum atomic E-state index is 11.3. The molecule has 4 rings (SSSR count). The summed E-state index contributed by atoms with van der Waals surface area (Å²) < 4.78 is 0. The molecule has 0 saturated heterocycles. The predicted octanol–water partition coefficient (Wildman–Crippen LogP) is 6.00. The highest BCUT2D eigenvalue weighted by Gasteiger charge is 2.40. The highest BCUT2D eigenvalue weighted by molar-refractivity contribution is 5.71. The second kappa shape index (κ2) is 8.98. The number of hydrogen-bond acceptors (Lipinski definition) is 4. The Labute approximate surface area is 180 Å². The van der Waals surface area contributed by atoms with Crippen LogP contribution in [0.25, 0.3) is 0 Å². The molecule has 0 aliphatic rings. The van der Waals surface area contributed by atoms with Gasteiger partial charge in [-0.05, 0) is 34.4 Å². The van der Waals surface area contributed by atoms with Gasteiger partial charge in [0.2, 0.25) is 12.2 Å². The summed E-state index contributed by atoms with van der Waals surface area (Å²) >= 11 is 0. The van der Waals surface area contributed by atoms with E-state index in [-0.39, 0.29) is 0 Å². The number of isocyanates is 2. The van der Waals surface area contributed by atoms with Crippen LogP contribution in [0.3, 0.4) is 0 Å². The van der Waals surface area contributed by atoms with Crippen LogP contribution in [-0.2, 0) is 15.0 Å². The molecule has 0 heterocycles. The Kier molecular flexibility index (Phi) is 5.77. The second-order valence-electron chi connectivity index (χ2n) is 6.96. The summed E-state index contributed by atoms with van der Waals surface area (Å²) in [6, 6.07) is 35.4. The Morgan fingerprint density at radius 1 is 0.548 bits per heavy atom. The maximum absolute atomic E-state index is 11.3. The van der Waals surface area contributed by atoms with Crippen molar-refractivity contribution in [1.29, 1.82) is 0 Å². The molecule has 0 radical (unpaired) electrons. The van der Waals surface area contributed by atoms with Gasteiger partial charge in [0.1, 0.15) is 0 Å². The topological polar surface area (TPSA) is 58.9 Å². The fourth-order valence-electron chi connectivity index (χ4n) is 4.13. The molecule has 0 saturated carbocycles. The van der Waals surface area contributed by atoms with E-state index in [0.29, 0.717) is 11.4 Å². The molecule has 148 valence electrons. The Morgan fingerprint density at radius 3 is 1.42 bits per heavy atom. The minimum absolute atomic E-state index is 0.371. The zero-order valence-corrected chi connectivity index (χ0v) is 16.6. The molecule has 4 heteroatoms. The first-order chi connectivity index (χ1) is 15.3. The van der Waals surface area contributed by atoms with Gasteiger partial charge in [-0.2, -0.15) is 9.98 Å². The minimum Gasteiger partial charge on any atom is -0.211 e. The van der Waals surface area contributed by atoms with E-state index in [4.69, 9.17) is 0 Å². The van der Waals surface area contributed by atoms with Crippen LogP contribution in [0.15, 0.2) is 119 Å². The first kappa shape index (κ1) is 19.9. The van der Waals surface area contributed by atoms with E-state index in [1.54, 1.807) is 24.3 Å². The fourth-order valence-corrected chi connectivity index (χ4v) is 4.13. The third-order valence-corrected chi connectivity index (χ3v) is 5.35. The number of aliphatic imine (C=N–C) groups is 2. The van der Waals surface area contributed by atoms with Crippen LogP contribution < -0.4 is 0 Å². The lowest BCUT2D eigenvalue weighted by Crippen LogP contribution is -2.31. The van der Waals surface area contributed by atoms with Gasteiger partial charge in [-0.3, -0.25) is 0 Å². The van der Waals surface area contributed by atoms with Crippen molar-refractivity contribution in [1.82, 2.24) is 0 Å². The van der Waals surface area contributed by atoms with Crippen LogP contribution in [0.4, 0.5) is 11.4 Å². The largest absolute Gasteiger partial charge is 0.240 e. The summed E-state index contributed by atoms with van der Waals surface area (Å²) in [5.74, 6) is 0. The average molecular weight is 402 g/mol. The van der Waals surface area contributed by atoms with E-state index in [2.05, 4.69) is 46.4 Å². The quantitative estimate of drug-likeness (QED) is 0.225. The summed E-state index contributed by atoms with van der Waals surface area (Å²) in [4.78, 5) is 29.8. The molecule has 4 nitrogen and oxygen atoms in total. The van der Waals surface area contributed by atoms with Crippen LogP contribution in [0.2, 0.25) is 0 Å². The maximum Gasteiger partial charge on any atom is 0.240 e. The number of carbonyl (C=O) groups excluding carboxylic acids is 2. The molecule has 0 unspecified atom stereocenters. The molecule has 0 aliphatic carbocycles. The zero-order valence-electron chi connectivity index (χ0n) is 16.6. The van der Waals surface area contributed by atoms with Crippen molar-refractivity contribution in [3.8, 4) is 0 Å². The first-order valence-electron chi connectivity index (χ1n) is 9.77. The number of rotatable bonds is 6. The third-order valence-electron chi connectivity index (χ3n) is 5.35. The third kappa shape index (κ3) is 3.65. The van der Waals surface area contributed by atoms with Crippen LogP contribution in [0.1, 0.15) is 22.3 Å². The molecule has 4 aromatic carbocycles. The summed E-state index contributed by atoms with van der Waals surface area (Å²) in [7, 11) is 0. The van der Waals surface area contributed by atoms with Gasteiger partial charge < -0.3 is 0 Å². The summed E-state index contributed by atoms with van der Waals surface area (Å²) in [5, 5.41) is 0. The van der Waals surface area contributed by atoms with Crippen molar-refractivity contribution in [2.75, 3.05) is 0 Å². The lowest BCUT2D eigenvalue weighted by atomic mass is 9.64. The van der Waals surface area contributed by atoms with Crippen molar-refractivity contribution in [2.45, 2.75) is 5.41 Å². The molecule has 0 atom stereocenters. The molecule has 0 aromatic heterocycles. The van der Waals surface area contributed by atoms with Crippen molar-refractivity contribution >= 4 is 23.5 Å². The van der Waals surface area contributed by atoms with Crippen molar-refractivity contribution in [3.05, 3.63) is 131 Å². The molecule has 0 bridgehead atoms. The number of nitrogens with zero attached hydrogens (tertiary/aromatic N) is 2. The number of benzene rings is 4. The van der Waals surface area contributed by atoms with E-state index >= 15 is 0 Å². The van der Waals surface area contributed by atoms with Gasteiger partial charge in [0.15, 0.2) is 0 Å². The van der Waals surface area contributed by atoms with Gasteiger partial charge in [0.25, 0.3) is 0 Å². The van der Waals surface area contributed by atoms with Crippen LogP contribution in [0, 0.1) is 0 Å². The van der Waals surface area contributed by atoms with Gasteiger partial charge in [0.05, 0.1) is 16.8 Å². The molecule has 31 heavy (non-hydrogen) atoms. The van der Waals surface area contributed by atoms with E-state index in [9.17, 15) is 9.59 Å². The monoisotopic (exact) mass is 402 g/mol. The van der Waals surface area contributed by atoms with Crippen LogP contribution in [0.5, 0.6) is 0 Å². The van der Waals surface area contributed by atoms with E-state index < -0.39 is 5.41 Å². The lowest BCUT2D eigenvalue weighted by molar-refractivity contribution is 0.564. The predicted molar refractivity (Wildman–Crippen MR) is 120 cm³/mol. The molecular formula is C27H18N2O2. The highest BCUT2D eigenvalue weighted by Crippen LogP contribution is 2.48. The minimum atomic E-state index is -0.761. The molecule has 0 fully saturated rings. The standard InChI is InChI=1S/C27H18N2O2/c30-19-28-24-16-17-25(26(18-24)29-20-31)27(21-10-4-1-5-11-21,22-12-6-2-7-13-22)23-14-8-3-9-15-23/h1-18H. The highest BCUT2D eigenvalue weighted by atomic mass is 16.1. The molecule has 0 N–H and O–H groups in total. The summed E-state index contributed by atoms with van der Waals surface area (Å²) in [6.07, 6.45) is 3.20. The first-order valence-corrected chi connectivity index (χ1v) is 9.77. The van der Waals surface area contributed by atoms with Gasteiger partial charge in [-0.25, -0.2) is 9.59 Å². The molecular weight excluding hydrogens is 384 g/mol. The lowest BCUT2D eigenvalue weighted by Gasteiger charge is -2.37. The Bertz CT molecular complexity index is 1180. The van der Waals surface area contributed by atoms with E-state index in [0.717, 1.165) is 22.3 Å². The van der Waals surface area contributed by atoms with Gasteiger partial charge >= 0.3 is 0 Å². The fraction of sp³-hybridized carbons (Fsp3) is 0.0370. The second-order valence-corrected chi connectivity index (χ2v) is 6.96. The Balaban J connectivity index is 2.19. The van der Waals surface area contributed by atoms with Gasteiger partial charge in [0, 0.05) is 0 Å². The summed E-state index contributed by atoms with van der Waals surface area (Å²) in [6.45, 7) is 0. The molecule has 0 aliphatic heterocycles. The van der Waals surface area contributed by atoms with Gasteiger partial charge in [-0.15, -0.1) is 0 Å². The average Bonchev–Trinajstić information content (AvgIpc) is 2.83. The normalized spacial score (nSPS) is 10.6.